The Hall–Kier alpha value is -3.21. The van der Waals surface area contributed by atoms with Crippen molar-refractivity contribution in [3.63, 3.8) is 0 Å². The van der Waals surface area contributed by atoms with Crippen molar-refractivity contribution in [1.29, 1.82) is 5.41 Å². The SMILES string of the molecule is N=C(N)NCCC[C@H](NC(=O)[C@@H]1CCCN1C(=O)CNC(=O)c1ccc(Cl)cc1)C(=O)CF. The first kappa shape index (κ1) is 26.0. The number of nitrogens with zero attached hydrogens (tertiary/aromatic N) is 1. The zero-order valence-electron chi connectivity index (χ0n) is 18.0. The van der Waals surface area contributed by atoms with Gasteiger partial charge in [0.2, 0.25) is 11.8 Å². The van der Waals surface area contributed by atoms with Crippen molar-refractivity contribution in [2.45, 2.75) is 37.8 Å². The smallest absolute Gasteiger partial charge is 0.251 e. The van der Waals surface area contributed by atoms with E-state index >= 15 is 0 Å². The number of nitrogens with one attached hydrogen (secondary N) is 4. The standard InChI is InChI=1S/C21H28ClFN6O4/c22-14-7-5-13(6-8-14)19(32)27-12-18(31)29-10-2-4-16(29)20(33)28-15(17(30)11-23)3-1-9-26-21(24)25/h5-8,15-16H,1-4,9-12H2,(H,27,32)(H,28,33)(H4,24,25,26)/t15-,16-/m0/s1. The first-order valence-electron chi connectivity index (χ1n) is 10.5. The lowest BCUT2D eigenvalue weighted by Crippen LogP contribution is -2.52. The van der Waals surface area contributed by atoms with E-state index < -0.39 is 42.3 Å². The number of Topliss-reactive ketones (excluding diaryl/α,β-unsaturated/α-hetero) is 1. The molecule has 0 aromatic heterocycles. The second-order valence-corrected chi connectivity index (χ2v) is 8.01. The maximum atomic E-state index is 13.0. The zero-order valence-corrected chi connectivity index (χ0v) is 18.8. The minimum atomic E-state index is -1.23. The molecule has 6 N–H and O–H groups in total. The minimum Gasteiger partial charge on any atom is -0.370 e. The number of halogens is 2. The van der Waals surface area contributed by atoms with Crippen LogP contribution in [0.2, 0.25) is 5.02 Å². The van der Waals surface area contributed by atoms with Crippen LogP contribution >= 0.6 is 11.6 Å². The fourth-order valence-corrected chi connectivity index (χ4v) is 3.63. The van der Waals surface area contributed by atoms with Gasteiger partial charge in [0, 0.05) is 23.7 Å². The van der Waals surface area contributed by atoms with Crippen LogP contribution in [0.1, 0.15) is 36.0 Å². The molecule has 0 bridgehead atoms. The second kappa shape index (κ2) is 12.7. The molecule has 33 heavy (non-hydrogen) atoms. The Morgan fingerprint density at radius 1 is 1.21 bits per heavy atom. The first-order valence-corrected chi connectivity index (χ1v) is 10.9. The lowest BCUT2D eigenvalue weighted by molar-refractivity contribution is -0.138. The largest absolute Gasteiger partial charge is 0.370 e. The molecule has 0 spiro atoms. The van der Waals surface area contributed by atoms with Crippen molar-refractivity contribution < 1.29 is 23.6 Å². The number of hydrogen-bond donors (Lipinski definition) is 5. The number of carbonyl (C=O) groups is 4. The van der Waals surface area contributed by atoms with Gasteiger partial charge in [-0.2, -0.15) is 0 Å². The Morgan fingerprint density at radius 2 is 1.91 bits per heavy atom. The highest BCUT2D eigenvalue weighted by Crippen LogP contribution is 2.18. The molecule has 0 saturated carbocycles. The number of guanidine groups is 1. The van der Waals surface area contributed by atoms with E-state index in [0.29, 0.717) is 42.9 Å². The maximum Gasteiger partial charge on any atom is 0.251 e. The number of benzene rings is 1. The van der Waals surface area contributed by atoms with E-state index in [2.05, 4.69) is 16.0 Å². The normalized spacial score (nSPS) is 16.1. The van der Waals surface area contributed by atoms with E-state index in [-0.39, 0.29) is 18.9 Å². The fourth-order valence-electron chi connectivity index (χ4n) is 3.50. The molecule has 12 heteroatoms. The third-order valence-corrected chi connectivity index (χ3v) is 5.46. The average molecular weight is 483 g/mol. The Balaban J connectivity index is 1.91. The molecule has 1 aromatic carbocycles. The molecule has 1 aromatic rings. The molecule has 1 fully saturated rings. The summed E-state index contributed by atoms with van der Waals surface area (Å²) in [5, 5.41) is 15.2. The Bertz CT molecular complexity index is 882. The summed E-state index contributed by atoms with van der Waals surface area (Å²) in [5.41, 5.74) is 5.53. The molecule has 3 amide bonds. The lowest BCUT2D eigenvalue weighted by Gasteiger charge is -2.26. The molecule has 2 rings (SSSR count). The molecule has 2 atom stereocenters. The topological polar surface area (TPSA) is 157 Å². The van der Waals surface area contributed by atoms with Gasteiger partial charge in [0.15, 0.2) is 11.7 Å². The Morgan fingerprint density at radius 3 is 2.55 bits per heavy atom. The molecule has 10 nitrogen and oxygen atoms in total. The maximum absolute atomic E-state index is 13.0. The van der Waals surface area contributed by atoms with Gasteiger partial charge in [-0.1, -0.05) is 11.6 Å². The summed E-state index contributed by atoms with van der Waals surface area (Å²) in [4.78, 5) is 50.9. The van der Waals surface area contributed by atoms with Crippen molar-refractivity contribution in [2.75, 3.05) is 26.3 Å². The quantitative estimate of drug-likeness (QED) is 0.174. The van der Waals surface area contributed by atoms with Crippen molar-refractivity contribution >= 4 is 41.1 Å². The number of carbonyl (C=O) groups excluding carboxylic acids is 4. The number of alkyl halides is 1. The third-order valence-electron chi connectivity index (χ3n) is 5.20. The molecular formula is C21H28ClFN6O4. The van der Waals surface area contributed by atoms with E-state index in [4.69, 9.17) is 22.7 Å². The summed E-state index contributed by atoms with van der Waals surface area (Å²) < 4.78 is 13.0. The van der Waals surface area contributed by atoms with Crippen molar-refractivity contribution in [3.05, 3.63) is 34.9 Å². The molecule has 180 valence electrons. The summed E-state index contributed by atoms with van der Waals surface area (Å²) in [6.45, 7) is -0.898. The van der Waals surface area contributed by atoms with Gasteiger partial charge in [-0.3, -0.25) is 24.6 Å². The summed E-state index contributed by atoms with van der Waals surface area (Å²) in [7, 11) is 0. The van der Waals surface area contributed by atoms with Crippen LogP contribution in [0.4, 0.5) is 4.39 Å². The number of nitrogens with two attached hydrogens (primary N) is 1. The highest BCUT2D eigenvalue weighted by molar-refractivity contribution is 6.30. The fraction of sp³-hybridized carbons (Fsp3) is 0.476. The number of amides is 3. The van der Waals surface area contributed by atoms with Crippen LogP contribution in [-0.2, 0) is 14.4 Å². The van der Waals surface area contributed by atoms with Gasteiger partial charge in [0.05, 0.1) is 12.6 Å². The molecule has 0 radical (unpaired) electrons. The number of likely N-dealkylation sites (tertiary alicyclic amines) is 1. The van der Waals surface area contributed by atoms with Crippen LogP contribution in [0, 0.1) is 5.41 Å². The molecular weight excluding hydrogens is 455 g/mol. The number of hydrogen-bond acceptors (Lipinski definition) is 5. The molecule has 0 unspecified atom stereocenters. The lowest BCUT2D eigenvalue weighted by atomic mass is 10.1. The molecule has 1 heterocycles. The predicted octanol–water partition coefficient (Wildman–Crippen LogP) is 0.347. The predicted molar refractivity (Wildman–Crippen MR) is 121 cm³/mol. The monoisotopic (exact) mass is 482 g/mol. The summed E-state index contributed by atoms with van der Waals surface area (Å²) in [5.74, 6) is -2.42. The first-order chi connectivity index (χ1) is 15.7. The molecule has 0 aliphatic carbocycles. The molecule has 1 saturated heterocycles. The molecule has 1 aliphatic heterocycles. The van der Waals surface area contributed by atoms with Crippen LogP contribution in [0.3, 0.4) is 0 Å². The van der Waals surface area contributed by atoms with E-state index in [9.17, 15) is 23.6 Å². The van der Waals surface area contributed by atoms with Gasteiger partial charge in [0.25, 0.3) is 5.91 Å². The highest BCUT2D eigenvalue weighted by atomic mass is 35.5. The van der Waals surface area contributed by atoms with Gasteiger partial charge in [-0.05, 0) is 49.9 Å². The summed E-state index contributed by atoms with van der Waals surface area (Å²) >= 11 is 5.80. The van der Waals surface area contributed by atoms with E-state index in [1.54, 1.807) is 12.1 Å². The van der Waals surface area contributed by atoms with Crippen LogP contribution in [-0.4, -0.2) is 72.8 Å². The van der Waals surface area contributed by atoms with Crippen LogP contribution in [0.25, 0.3) is 0 Å². The van der Waals surface area contributed by atoms with Gasteiger partial charge < -0.3 is 26.6 Å². The van der Waals surface area contributed by atoms with E-state index in [0.717, 1.165) is 0 Å². The number of ketones is 1. The van der Waals surface area contributed by atoms with Gasteiger partial charge in [0.1, 0.15) is 12.7 Å². The van der Waals surface area contributed by atoms with Gasteiger partial charge >= 0.3 is 0 Å². The Labute approximate surface area is 195 Å². The average Bonchev–Trinajstić information content (AvgIpc) is 3.29. The van der Waals surface area contributed by atoms with Crippen molar-refractivity contribution in [2.24, 2.45) is 5.73 Å². The summed E-state index contributed by atoms with van der Waals surface area (Å²) in [6, 6.07) is 4.33. The van der Waals surface area contributed by atoms with Gasteiger partial charge in [-0.15, -0.1) is 0 Å². The summed E-state index contributed by atoms with van der Waals surface area (Å²) in [6.07, 6.45) is 1.51. The van der Waals surface area contributed by atoms with Gasteiger partial charge in [-0.25, -0.2) is 4.39 Å². The van der Waals surface area contributed by atoms with Crippen LogP contribution in [0.15, 0.2) is 24.3 Å². The van der Waals surface area contributed by atoms with Crippen molar-refractivity contribution in [1.82, 2.24) is 20.9 Å². The Kier molecular flexibility index (Phi) is 10.0. The second-order valence-electron chi connectivity index (χ2n) is 7.58. The highest BCUT2D eigenvalue weighted by Gasteiger charge is 2.35. The zero-order chi connectivity index (χ0) is 24.4. The van der Waals surface area contributed by atoms with E-state index in [1.807, 2.05) is 0 Å². The molecule has 1 aliphatic rings. The number of rotatable bonds is 11. The van der Waals surface area contributed by atoms with E-state index in [1.165, 1.54) is 17.0 Å². The van der Waals surface area contributed by atoms with Crippen molar-refractivity contribution in [3.8, 4) is 0 Å². The minimum absolute atomic E-state index is 0.159. The van der Waals surface area contributed by atoms with Crippen LogP contribution < -0.4 is 21.7 Å². The van der Waals surface area contributed by atoms with Crippen LogP contribution in [0.5, 0.6) is 0 Å². The third kappa shape index (κ3) is 8.01.